The number of carbonyl (C=O) groups excluding carboxylic acids is 1. The van der Waals surface area contributed by atoms with Crippen molar-refractivity contribution >= 4 is 22.6 Å². The standard InChI is InChI=1S/C22H24N4O4/c1-3-25(4-2)13-12-23-22(27)30-20-15-24-21(19-11-6-5-10-18(19)20)16-8-7-9-17(14-16)26(28)29/h5-11,14-15H,3-4,12-13H2,1-2H3,(H,23,27). The van der Waals surface area contributed by atoms with E-state index in [0.29, 0.717) is 28.9 Å². The van der Waals surface area contributed by atoms with E-state index in [1.165, 1.54) is 18.3 Å². The molecule has 0 bridgehead atoms. The Morgan fingerprint density at radius 2 is 1.87 bits per heavy atom. The summed E-state index contributed by atoms with van der Waals surface area (Å²) in [6.07, 6.45) is 0.928. The summed E-state index contributed by atoms with van der Waals surface area (Å²) in [5, 5.41) is 15.3. The molecule has 8 nitrogen and oxygen atoms in total. The fourth-order valence-electron chi connectivity index (χ4n) is 3.24. The van der Waals surface area contributed by atoms with Crippen LogP contribution in [0.5, 0.6) is 5.75 Å². The molecule has 0 spiro atoms. The second-order valence-corrected chi connectivity index (χ2v) is 6.67. The van der Waals surface area contributed by atoms with Crippen molar-refractivity contribution in [2.75, 3.05) is 26.2 Å². The van der Waals surface area contributed by atoms with Crippen LogP contribution in [0.4, 0.5) is 10.5 Å². The van der Waals surface area contributed by atoms with Crippen LogP contribution in [-0.2, 0) is 0 Å². The summed E-state index contributed by atoms with van der Waals surface area (Å²) in [5.41, 5.74) is 1.20. The second-order valence-electron chi connectivity index (χ2n) is 6.67. The van der Waals surface area contributed by atoms with Crippen molar-refractivity contribution < 1.29 is 14.5 Å². The van der Waals surface area contributed by atoms with Gasteiger partial charge in [0.25, 0.3) is 5.69 Å². The van der Waals surface area contributed by atoms with Gasteiger partial charge in [-0.15, -0.1) is 0 Å². The number of fused-ring (bicyclic) bond motifs is 1. The van der Waals surface area contributed by atoms with E-state index in [-0.39, 0.29) is 5.69 Å². The first-order valence-corrected chi connectivity index (χ1v) is 9.84. The number of nitro benzene ring substituents is 1. The van der Waals surface area contributed by atoms with Gasteiger partial charge in [-0.1, -0.05) is 50.2 Å². The molecule has 0 fully saturated rings. The first kappa shape index (κ1) is 21.2. The highest BCUT2D eigenvalue weighted by atomic mass is 16.6. The largest absolute Gasteiger partial charge is 0.412 e. The van der Waals surface area contributed by atoms with Crippen LogP contribution in [0.1, 0.15) is 13.8 Å². The molecule has 2 aromatic carbocycles. The molecule has 3 aromatic rings. The normalized spacial score (nSPS) is 10.9. The molecule has 30 heavy (non-hydrogen) atoms. The summed E-state index contributed by atoms with van der Waals surface area (Å²) >= 11 is 0. The summed E-state index contributed by atoms with van der Waals surface area (Å²) in [4.78, 5) is 29.5. The molecule has 0 saturated heterocycles. The van der Waals surface area contributed by atoms with E-state index in [9.17, 15) is 14.9 Å². The van der Waals surface area contributed by atoms with Gasteiger partial charge in [-0.25, -0.2) is 4.79 Å². The number of hydrogen-bond donors (Lipinski definition) is 1. The van der Waals surface area contributed by atoms with Crippen LogP contribution in [0, 0.1) is 10.1 Å². The lowest BCUT2D eigenvalue weighted by Crippen LogP contribution is -2.36. The Labute approximate surface area is 174 Å². The van der Waals surface area contributed by atoms with Crippen molar-refractivity contribution in [1.29, 1.82) is 0 Å². The predicted octanol–water partition coefficient (Wildman–Crippen LogP) is 4.24. The number of carbonyl (C=O) groups is 1. The molecule has 0 aliphatic heterocycles. The van der Waals surface area contributed by atoms with Gasteiger partial charge >= 0.3 is 6.09 Å². The van der Waals surface area contributed by atoms with E-state index in [4.69, 9.17) is 4.74 Å². The van der Waals surface area contributed by atoms with Gasteiger partial charge in [0, 0.05) is 41.6 Å². The molecule has 0 saturated carbocycles. The van der Waals surface area contributed by atoms with Crippen molar-refractivity contribution in [3.05, 3.63) is 64.8 Å². The number of nitro groups is 1. The van der Waals surface area contributed by atoms with Gasteiger partial charge in [0.15, 0.2) is 5.75 Å². The van der Waals surface area contributed by atoms with Gasteiger partial charge in [0.1, 0.15) is 0 Å². The third-order valence-electron chi connectivity index (χ3n) is 4.88. The van der Waals surface area contributed by atoms with Gasteiger partial charge in [-0.2, -0.15) is 0 Å². The number of nitrogens with one attached hydrogen (secondary N) is 1. The Morgan fingerprint density at radius 1 is 1.13 bits per heavy atom. The third kappa shape index (κ3) is 4.90. The zero-order valence-electron chi connectivity index (χ0n) is 17.0. The molecular weight excluding hydrogens is 384 g/mol. The fourth-order valence-corrected chi connectivity index (χ4v) is 3.24. The number of aromatic nitrogens is 1. The molecule has 3 rings (SSSR count). The van der Waals surface area contributed by atoms with Crippen molar-refractivity contribution in [2.24, 2.45) is 0 Å². The van der Waals surface area contributed by atoms with E-state index in [0.717, 1.165) is 25.0 Å². The number of rotatable bonds is 8. The molecule has 0 radical (unpaired) electrons. The third-order valence-corrected chi connectivity index (χ3v) is 4.88. The monoisotopic (exact) mass is 408 g/mol. The Balaban J connectivity index is 1.83. The maximum atomic E-state index is 12.2. The summed E-state index contributed by atoms with van der Waals surface area (Å²) in [6.45, 7) is 7.21. The fraction of sp³-hybridized carbons (Fsp3) is 0.273. The second kappa shape index (κ2) is 9.80. The number of pyridine rings is 1. The van der Waals surface area contributed by atoms with E-state index in [2.05, 4.69) is 29.0 Å². The minimum atomic E-state index is -0.544. The quantitative estimate of drug-likeness (QED) is 0.442. The molecule has 1 heterocycles. The smallest absolute Gasteiger partial charge is 0.408 e. The Bertz CT molecular complexity index is 1050. The van der Waals surface area contributed by atoms with Gasteiger partial charge in [0.05, 0.1) is 16.8 Å². The van der Waals surface area contributed by atoms with Gasteiger partial charge in [-0.05, 0) is 13.1 Å². The maximum Gasteiger partial charge on any atom is 0.412 e. The van der Waals surface area contributed by atoms with E-state index in [1.54, 1.807) is 12.1 Å². The van der Waals surface area contributed by atoms with Crippen LogP contribution in [-0.4, -0.2) is 47.1 Å². The molecule has 0 atom stereocenters. The van der Waals surface area contributed by atoms with E-state index >= 15 is 0 Å². The SMILES string of the molecule is CCN(CC)CCNC(=O)Oc1cnc(-c2cccc([N+](=O)[O-])c2)c2ccccc12. The summed E-state index contributed by atoms with van der Waals surface area (Å²) in [5.74, 6) is 0.333. The van der Waals surface area contributed by atoms with Crippen LogP contribution in [0.15, 0.2) is 54.7 Å². The summed E-state index contributed by atoms with van der Waals surface area (Å²) < 4.78 is 5.49. The lowest BCUT2D eigenvalue weighted by molar-refractivity contribution is -0.384. The van der Waals surface area contributed by atoms with E-state index < -0.39 is 11.0 Å². The highest BCUT2D eigenvalue weighted by Crippen LogP contribution is 2.33. The van der Waals surface area contributed by atoms with Crippen molar-refractivity contribution in [2.45, 2.75) is 13.8 Å². The number of hydrogen-bond acceptors (Lipinski definition) is 6. The Hall–Kier alpha value is -3.52. The average Bonchev–Trinajstić information content (AvgIpc) is 2.77. The Kier molecular flexibility index (Phi) is 6.92. The molecule has 156 valence electrons. The minimum absolute atomic E-state index is 0.00807. The van der Waals surface area contributed by atoms with Gasteiger partial charge in [0.2, 0.25) is 0 Å². The van der Waals surface area contributed by atoms with Crippen molar-refractivity contribution in [3.63, 3.8) is 0 Å². The van der Waals surface area contributed by atoms with E-state index in [1.807, 2.05) is 24.3 Å². The predicted molar refractivity (Wildman–Crippen MR) is 116 cm³/mol. The zero-order valence-corrected chi connectivity index (χ0v) is 17.0. The van der Waals surface area contributed by atoms with Crippen LogP contribution in [0.25, 0.3) is 22.0 Å². The Morgan fingerprint density at radius 3 is 2.57 bits per heavy atom. The molecular formula is C22H24N4O4. The summed E-state index contributed by atoms with van der Waals surface area (Å²) in [6, 6.07) is 13.7. The van der Waals surface area contributed by atoms with Gasteiger partial charge in [-0.3, -0.25) is 15.1 Å². The number of likely N-dealkylation sites (N-methyl/N-ethyl adjacent to an activating group) is 1. The number of amides is 1. The molecule has 1 N–H and O–H groups in total. The topological polar surface area (TPSA) is 97.6 Å². The van der Waals surface area contributed by atoms with Crippen LogP contribution in [0.2, 0.25) is 0 Å². The highest BCUT2D eigenvalue weighted by Gasteiger charge is 2.15. The maximum absolute atomic E-state index is 12.2. The first-order chi connectivity index (χ1) is 14.5. The molecule has 1 aromatic heterocycles. The number of ether oxygens (including phenoxy) is 1. The van der Waals surface area contributed by atoms with Crippen molar-refractivity contribution in [3.8, 4) is 17.0 Å². The molecule has 0 aliphatic rings. The lowest BCUT2D eigenvalue weighted by Gasteiger charge is -2.18. The van der Waals surface area contributed by atoms with Crippen LogP contribution >= 0.6 is 0 Å². The minimum Gasteiger partial charge on any atom is -0.408 e. The number of nitrogens with zero attached hydrogens (tertiary/aromatic N) is 3. The van der Waals surface area contributed by atoms with Gasteiger partial charge < -0.3 is 15.0 Å². The lowest BCUT2D eigenvalue weighted by atomic mass is 10.0. The molecule has 0 unspecified atom stereocenters. The highest BCUT2D eigenvalue weighted by molar-refractivity contribution is 5.99. The molecule has 8 heteroatoms. The average molecular weight is 408 g/mol. The van der Waals surface area contributed by atoms with Crippen molar-refractivity contribution in [1.82, 2.24) is 15.2 Å². The van der Waals surface area contributed by atoms with Crippen LogP contribution < -0.4 is 10.1 Å². The number of non-ortho nitro benzene ring substituents is 1. The van der Waals surface area contributed by atoms with Crippen LogP contribution in [0.3, 0.4) is 0 Å². The molecule has 0 aliphatic carbocycles. The molecule has 1 amide bonds. The first-order valence-electron chi connectivity index (χ1n) is 9.84. The summed E-state index contributed by atoms with van der Waals surface area (Å²) in [7, 11) is 0. The zero-order chi connectivity index (χ0) is 21.5. The number of benzene rings is 2.